The normalized spacial score (nSPS) is 23.3. The summed E-state index contributed by atoms with van der Waals surface area (Å²) in [5.74, 6) is 3.37. The van der Waals surface area contributed by atoms with E-state index < -0.39 is 0 Å². The fourth-order valence-electron chi connectivity index (χ4n) is 2.15. The number of rotatable bonds is 4. The number of amides is 1. The van der Waals surface area contributed by atoms with E-state index >= 15 is 0 Å². The molecule has 1 amide bonds. The van der Waals surface area contributed by atoms with Crippen LogP contribution >= 0.6 is 11.8 Å². The molecule has 0 aromatic carbocycles. The van der Waals surface area contributed by atoms with Crippen LogP contribution in [-0.4, -0.2) is 36.7 Å². The van der Waals surface area contributed by atoms with Crippen LogP contribution in [0.3, 0.4) is 0 Å². The summed E-state index contributed by atoms with van der Waals surface area (Å²) < 4.78 is 10.9. The quantitative estimate of drug-likeness (QED) is 0.910. The molecule has 0 bridgehead atoms. The van der Waals surface area contributed by atoms with Crippen LogP contribution in [0.5, 0.6) is 0 Å². The molecule has 1 atom stereocenters. The second-order valence-electron chi connectivity index (χ2n) is 4.70. The summed E-state index contributed by atoms with van der Waals surface area (Å²) in [7, 11) is 1.71. The first kappa shape index (κ1) is 13.5. The van der Waals surface area contributed by atoms with E-state index in [1.165, 1.54) is 0 Å². The van der Waals surface area contributed by atoms with Crippen LogP contribution in [0.4, 0.5) is 0 Å². The number of aryl methyl sites for hydroxylation is 2. The minimum atomic E-state index is -0.201. The van der Waals surface area contributed by atoms with Gasteiger partial charge in [0.05, 0.1) is 11.2 Å². The van der Waals surface area contributed by atoms with Crippen LogP contribution in [0.1, 0.15) is 28.3 Å². The zero-order valence-electron chi connectivity index (χ0n) is 11.0. The van der Waals surface area contributed by atoms with Crippen molar-refractivity contribution < 1.29 is 13.9 Å². The molecule has 4 nitrogen and oxygen atoms in total. The molecular formula is C13H19NO3S. The zero-order valence-corrected chi connectivity index (χ0v) is 11.9. The number of furan rings is 1. The Balaban J connectivity index is 1.98. The summed E-state index contributed by atoms with van der Waals surface area (Å²) in [5, 5.41) is 2.95. The van der Waals surface area contributed by atoms with Crippen molar-refractivity contribution in [2.24, 2.45) is 0 Å². The SMILES string of the molecule is CO[C@]1(CNC(=O)c2cc(C)oc2C)CCSC1. The average Bonchev–Trinajstić information content (AvgIpc) is 2.94. The lowest BCUT2D eigenvalue weighted by molar-refractivity contribution is 0.0137. The van der Waals surface area contributed by atoms with Crippen molar-refractivity contribution in [3.05, 3.63) is 23.2 Å². The molecule has 100 valence electrons. The van der Waals surface area contributed by atoms with Gasteiger partial charge >= 0.3 is 0 Å². The number of hydrogen-bond donors (Lipinski definition) is 1. The largest absolute Gasteiger partial charge is 0.466 e. The Bertz CT molecular complexity index is 435. The molecule has 0 aliphatic carbocycles. The van der Waals surface area contributed by atoms with Gasteiger partial charge < -0.3 is 14.5 Å². The molecule has 0 saturated carbocycles. The first-order valence-corrected chi connectivity index (χ1v) is 7.20. The number of hydrogen-bond acceptors (Lipinski definition) is 4. The van der Waals surface area contributed by atoms with Gasteiger partial charge in [0, 0.05) is 19.4 Å². The van der Waals surface area contributed by atoms with Gasteiger partial charge in [-0.15, -0.1) is 0 Å². The van der Waals surface area contributed by atoms with Crippen molar-refractivity contribution in [1.29, 1.82) is 0 Å². The summed E-state index contributed by atoms with van der Waals surface area (Å²) in [4.78, 5) is 12.1. The lowest BCUT2D eigenvalue weighted by Crippen LogP contribution is -2.44. The van der Waals surface area contributed by atoms with Crippen molar-refractivity contribution >= 4 is 17.7 Å². The Morgan fingerprint density at radius 3 is 2.89 bits per heavy atom. The monoisotopic (exact) mass is 269 g/mol. The average molecular weight is 269 g/mol. The number of carbonyl (C=O) groups is 1. The summed E-state index contributed by atoms with van der Waals surface area (Å²) >= 11 is 1.87. The van der Waals surface area contributed by atoms with E-state index in [0.717, 1.165) is 23.7 Å². The van der Waals surface area contributed by atoms with Gasteiger partial charge in [-0.1, -0.05) is 0 Å². The predicted molar refractivity (Wildman–Crippen MR) is 72.2 cm³/mol. The highest BCUT2D eigenvalue weighted by Crippen LogP contribution is 2.30. The molecule has 5 heteroatoms. The van der Waals surface area contributed by atoms with Gasteiger partial charge in [-0.3, -0.25) is 4.79 Å². The van der Waals surface area contributed by atoms with Crippen molar-refractivity contribution in [1.82, 2.24) is 5.32 Å². The predicted octanol–water partition coefficient (Wildman–Crippen LogP) is 2.15. The van der Waals surface area contributed by atoms with Crippen molar-refractivity contribution in [3.8, 4) is 0 Å². The topological polar surface area (TPSA) is 51.5 Å². The molecule has 1 aromatic rings. The fraction of sp³-hybridized carbons (Fsp3) is 0.615. The van der Waals surface area contributed by atoms with Gasteiger partial charge in [0.15, 0.2) is 0 Å². The van der Waals surface area contributed by atoms with Gasteiger partial charge in [-0.25, -0.2) is 0 Å². The molecule has 1 saturated heterocycles. The third-order valence-corrected chi connectivity index (χ3v) is 4.58. The highest BCUT2D eigenvalue weighted by molar-refractivity contribution is 7.99. The maximum absolute atomic E-state index is 12.1. The highest BCUT2D eigenvalue weighted by Gasteiger charge is 2.34. The standard InChI is InChI=1S/C13H19NO3S/c1-9-6-11(10(2)17-9)12(15)14-7-13(16-3)4-5-18-8-13/h6H,4-5,7-8H2,1-3H3,(H,14,15)/t13-/m0/s1. The summed E-state index contributed by atoms with van der Waals surface area (Å²) in [6.07, 6.45) is 0.984. The zero-order chi connectivity index (χ0) is 13.2. The molecule has 1 fully saturated rings. The molecule has 1 aromatic heterocycles. The molecule has 2 rings (SSSR count). The van der Waals surface area contributed by atoms with E-state index in [-0.39, 0.29) is 11.5 Å². The number of thioether (sulfide) groups is 1. The first-order chi connectivity index (χ1) is 8.56. The van der Waals surface area contributed by atoms with Crippen molar-refractivity contribution in [3.63, 3.8) is 0 Å². The Morgan fingerprint density at radius 2 is 2.39 bits per heavy atom. The maximum Gasteiger partial charge on any atom is 0.254 e. The van der Waals surface area contributed by atoms with E-state index in [9.17, 15) is 4.79 Å². The fourth-order valence-corrected chi connectivity index (χ4v) is 3.55. The Morgan fingerprint density at radius 1 is 1.61 bits per heavy atom. The Labute approximate surface area is 111 Å². The molecular weight excluding hydrogens is 250 g/mol. The number of methoxy groups -OCH3 is 1. The van der Waals surface area contributed by atoms with E-state index in [1.807, 2.05) is 18.7 Å². The van der Waals surface area contributed by atoms with E-state index in [4.69, 9.17) is 9.15 Å². The molecule has 0 spiro atoms. The van der Waals surface area contributed by atoms with Crippen LogP contribution in [0, 0.1) is 13.8 Å². The number of carbonyl (C=O) groups excluding carboxylic acids is 1. The molecule has 0 radical (unpaired) electrons. The van der Waals surface area contributed by atoms with Crippen LogP contribution in [0.15, 0.2) is 10.5 Å². The highest BCUT2D eigenvalue weighted by atomic mass is 32.2. The van der Waals surface area contributed by atoms with E-state index in [2.05, 4.69) is 5.32 Å². The van der Waals surface area contributed by atoms with E-state index in [0.29, 0.717) is 17.9 Å². The number of ether oxygens (including phenoxy) is 1. The van der Waals surface area contributed by atoms with Crippen LogP contribution in [0.25, 0.3) is 0 Å². The molecule has 0 unspecified atom stereocenters. The summed E-state index contributed by atoms with van der Waals surface area (Å²) in [5.41, 5.74) is 0.414. The lowest BCUT2D eigenvalue weighted by Gasteiger charge is -2.26. The summed E-state index contributed by atoms with van der Waals surface area (Å²) in [6.45, 7) is 4.20. The Hall–Kier alpha value is -0.940. The molecule has 1 N–H and O–H groups in total. The van der Waals surface area contributed by atoms with Gasteiger partial charge in [-0.2, -0.15) is 11.8 Å². The lowest BCUT2D eigenvalue weighted by atomic mass is 10.0. The first-order valence-electron chi connectivity index (χ1n) is 6.04. The van der Waals surface area contributed by atoms with Crippen molar-refractivity contribution in [2.75, 3.05) is 25.2 Å². The molecule has 2 heterocycles. The van der Waals surface area contributed by atoms with Gasteiger partial charge in [0.1, 0.15) is 11.5 Å². The second-order valence-corrected chi connectivity index (χ2v) is 5.80. The third kappa shape index (κ3) is 2.72. The van der Waals surface area contributed by atoms with Crippen LogP contribution in [-0.2, 0) is 4.74 Å². The molecule has 1 aliphatic rings. The number of nitrogens with one attached hydrogen (secondary N) is 1. The van der Waals surface area contributed by atoms with Gasteiger partial charge in [0.2, 0.25) is 0 Å². The third-order valence-electron chi connectivity index (χ3n) is 3.36. The molecule has 18 heavy (non-hydrogen) atoms. The van der Waals surface area contributed by atoms with Gasteiger partial charge in [-0.05, 0) is 32.1 Å². The van der Waals surface area contributed by atoms with E-state index in [1.54, 1.807) is 20.1 Å². The van der Waals surface area contributed by atoms with Crippen LogP contribution < -0.4 is 5.32 Å². The smallest absolute Gasteiger partial charge is 0.254 e. The summed E-state index contributed by atoms with van der Waals surface area (Å²) in [6, 6.07) is 1.77. The molecule has 1 aliphatic heterocycles. The minimum Gasteiger partial charge on any atom is -0.466 e. The van der Waals surface area contributed by atoms with Crippen LogP contribution in [0.2, 0.25) is 0 Å². The second kappa shape index (κ2) is 5.36. The maximum atomic E-state index is 12.1. The van der Waals surface area contributed by atoms with Gasteiger partial charge in [0.25, 0.3) is 5.91 Å². The minimum absolute atomic E-state index is 0.0855. The Kier molecular flexibility index (Phi) is 4.02. The van der Waals surface area contributed by atoms with Crippen molar-refractivity contribution in [2.45, 2.75) is 25.9 Å².